The van der Waals surface area contributed by atoms with Crippen LogP contribution in [0.3, 0.4) is 0 Å². The van der Waals surface area contributed by atoms with E-state index >= 15 is 0 Å². The van der Waals surface area contributed by atoms with E-state index in [1.54, 1.807) is 18.3 Å². The lowest BCUT2D eigenvalue weighted by Gasteiger charge is -2.04. The summed E-state index contributed by atoms with van der Waals surface area (Å²) >= 11 is 1.27. The summed E-state index contributed by atoms with van der Waals surface area (Å²) < 4.78 is 0. The molecule has 1 aliphatic heterocycles. The van der Waals surface area contributed by atoms with Gasteiger partial charge in [-0.3, -0.25) is 14.9 Å². The van der Waals surface area contributed by atoms with E-state index in [9.17, 15) is 14.9 Å². The highest BCUT2D eigenvalue weighted by Gasteiger charge is 2.30. The molecule has 7 nitrogen and oxygen atoms in total. The number of amides is 1. The summed E-state index contributed by atoms with van der Waals surface area (Å²) in [5.74, 6) is -0.175. The van der Waals surface area contributed by atoms with E-state index in [-0.39, 0.29) is 16.8 Å². The molecule has 132 valence electrons. The minimum Gasteiger partial charge on any atom is -0.303 e. The zero-order valence-electron chi connectivity index (χ0n) is 14.0. The van der Waals surface area contributed by atoms with Crippen LogP contribution in [0.5, 0.6) is 0 Å². The molecule has 1 aliphatic rings. The largest absolute Gasteiger partial charge is 0.303 e. The lowest BCUT2D eigenvalue weighted by atomic mass is 10.1. The van der Waals surface area contributed by atoms with Crippen LogP contribution in [0.2, 0.25) is 0 Å². The molecule has 0 unspecified atom stereocenters. The van der Waals surface area contributed by atoms with Crippen molar-refractivity contribution in [3.8, 4) is 0 Å². The predicted octanol–water partition coefficient (Wildman–Crippen LogP) is 3.07. The van der Waals surface area contributed by atoms with Crippen molar-refractivity contribution in [3.63, 3.8) is 0 Å². The van der Waals surface area contributed by atoms with Crippen LogP contribution in [-0.4, -0.2) is 27.5 Å². The molecule has 0 spiro atoms. The molecule has 1 heterocycles. The third-order valence-electron chi connectivity index (χ3n) is 3.72. The fourth-order valence-electron chi connectivity index (χ4n) is 2.50. The van der Waals surface area contributed by atoms with Crippen LogP contribution < -0.4 is 5.32 Å². The van der Waals surface area contributed by atoms with Gasteiger partial charge in [0.25, 0.3) is 5.69 Å². The molecule has 3 rings (SSSR count). The molecule has 0 aromatic heterocycles. The van der Waals surface area contributed by atoms with Crippen LogP contribution in [0.25, 0.3) is 0 Å². The quantitative estimate of drug-likeness (QED) is 0.498. The third-order valence-corrected chi connectivity index (χ3v) is 4.79. The molecule has 1 saturated heterocycles. The minimum absolute atomic E-state index is 0.0163. The summed E-state index contributed by atoms with van der Waals surface area (Å²) in [5.41, 5.74) is 2.80. The number of aryl methyl sites for hydroxylation is 1. The average Bonchev–Trinajstić information content (AvgIpc) is 2.95. The maximum Gasteiger partial charge on any atom is 0.269 e. The van der Waals surface area contributed by atoms with E-state index in [0.717, 1.165) is 16.7 Å². The first kappa shape index (κ1) is 17.8. The van der Waals surface area contributed by atoms with Gasteiger partial charge in [-0.2, -0.15) is 5.10 Å². The van der Waals surface area contributed by atoms with E-state index in [1.165, 1.54) is 23.9 Å². The van der Waals surface area contributed by atoms with E-state index < -0.39 is 4.92 Å². The number of nitrogens with one attached hydrogen (secondary N) is 1. The van der Waals surface area contributed by atoms with Crippen LogP contribution in [-0.2, 0) is 11.2 Å². The second kappa shape index (κ2) is 7.92. The topological polar surface area (TPSA) is 97.0 Å². The number of amidine groups is 1. The van der Waals surface area contributed by atoms with Gasteiger partial charge in [-0.15, -0.1) is 5.10 Å². The van der Waals surface area contributed by atoms with Crippen LogP contribution in [0.15, 0.2) is 58.7 Å². The number of thioether (sulfide) groups is 1. The molecule has 0 bridgehead atoms. The highest BCUT2D eigenvalue weighted by Crippen LogP contribution is 2.24. The summed E-state index contributed by atoms with van der Waals surface area (Å²) in [4.78, 5) is 22.5. The van der Waals surface area contributed by atoms with Gasteiger partial charge >= 0.3 is 0 Å². The van der Waals surface area contributed by atoms with Gasteiger partial charge in [0.15, 0.2) is 5.17 Å². The Bertz CT molecular complexity index is 911. The van der Waals surface area contributed by atoms with Gasteiger partial charge in [-0.1, -0.05) is 53.7 Å². The molecule has 2 aromatic rings. The summed E-state index contributed by atoms with van der Waals surface area (Å²) in [7, 11) is 0. The van der Waals surface area contributed by atoms with Crippen molar-refractivity contribution in [2.24, 2.45) is 10.2 Å². The molecular weight excluding hydrogens is 352 g/mol. The summed E-state index contributed by atoms with van der Waals surface area (Å²) in [6.07, 6.45) is 2.01. The Morgan fingerprint density at radius 3 is 2.85 bits per heavy atom. The number of non-ortho nitro benzene ring substituents is 1. The van der Waals surface area contributed by atoms with E-state index in [2.05, 4.69) is 15.5 Å². The van der Waals surface area contributed by atoms with Crippen molar-refractivity contribution in [3.05, 3.63) is 75.3 Å². The van der Waals surface area contributed by atoms with E-state index in [1.807, 2.05) is 31.2 Å². The van der Waals surface area contributed by atoms with Crippen LogP contribution >= 0.6 is 11.8 Å². The van der Waals surface area contributed by atoms with E-state index in [4.69, 9.17) is 0 Å². The molecule has 1 amide bonds. The number of rotatable bonds is 5. The zero-order valence-corrected chi connectivity index (χ0v) is 14.8. The van der Waals surface area contributed by atoms with Gasteiger partial charge in [0.2, 0.25) is 5.91 Å². The number of nitro groups is 1. The number of hydrogen-bond acceptors (Lipinski definition) is 6. The second-order valence-corrected chi connectivity index (χ2v) is 6.98. The Kier molecular flexibility index (Phi) is 5.43. The van der Waals surface area contributed by atoms with Crippen LogP contribution in [0.1, 0.15) is 16.7 Å². The fraction of sp³-hybridized carbons (Fsp3) is 0.167. The van der Waals surface area contributed by atoms with Gasteiger partial charge in [0.05, 0.1) is 16.4 Å². The molecule has 8 heteroatoms. The molecule has 1 fully saturated rings. The Hall–Kier alpha value is -3.00. The maximum atomic E-state index is 12.1. The van der Waals surface area contributed by atoms with E-state index in [0.29, 0.717) is 11.6 Å². The van der Waals surface area contributed by atoms with Gasteiger partial charge in [0.1, 0.15) is 0 Å². The third kappa shape index (κ3) is 4.54. The summed E-state index contributed by atoms with van der Waals surface area (Å²) in [6.45, 7) is 1.99. The first-order valence-electron chi connectivity index (χ1n) is 7.90. The predicted molar refractivity (Wildman–Crippen MR) is 103 cm³/mol. The van der Waals surface area contributed by atoms with Gasteiger partial charge < -0.3 is 5.32 Å². The lowest BCUT2D eigenvalue weighted by Crippen LogP contribution is -2.25. The number of carbonyl (C=O) groups excluding carboxylic acids is 1. The maximum absolute atomic E-state index is 12.1. The number of nitro benzene ring substituents is 1. The smallest absolute Gasteiger partial charge is 0.269 e. The average molecular weight is 368 g/mol. The molecule has 0 saturated carbocycles. The van der Waals surface area contributed by atoms with Crippen molar-refractivity contribution in [1.29, 1.82) is 0 Å². The molecule has 0 aliphatic carbocycles. The van der Waals surface area contributed by atoms with Crippen LogP contribution in [0, 0.1) is 17.0 Å². The molecule has 0 radical (unpaired) electrons. The van der Waals surface area contributed by atoms with Crippen molar-refractivity contribution >= 4 is 34.7 Å². The van der Waals surface area contributed by atoms with Gasteiger partial charge in [0, 0.05) is 12.1 Å². The van der Waals surface area contributed by atoms with Crippen molar-refractivity contribution in [2.75, 3.05) is 0 Å². The molecular formula is C18H16N4O3S. The van der Waals surface area contributed by atoms with Crippen molar-refractivity contribution in [1.82, 2.24) is 5.32 Å². The highest BCUT2D eigenvalue weighted by molar-refractivity contribution is 8.15. The normalized spacial score (nSPS) is 18.4. The van der Waals surface area contributed by atoms with Crippen LogP contribution in [0.4, 0.5) is 5.69 Å². The molecule has 1 N–H and O–H groups in total. The Balaban J connectivity index is 1.65. The Morgan fingerprint density at radius 2 is 2.08 bits per heavy atom. The fourth-order valence-corrected chi connectivity index (χ4v) is 3.46. The first-order valence-corrected chi connectivity index (χ1v) is 8.78. The molecule has 1 atom stereocenters. The summed E-state index contributed by atoms with van der Waals surface area (Å²) in [5, 5.41) is 21.6. The van der Waals surface area contributed by atoms with Gasteiger partial charge in [-0.05, 0) is 24.5 Å². The van der Waals surface area contributed by atoms with Gasteiger partial charge in [-0.25, -0.2) is 0 Å². The van der Waals surface area contributed by atoms with Crippen molar-refractivity contribution < 1.29 is 9.72 Å². The monoisotopic (exact) mass is 368 g/mol. The Morgan fingerprint density at radius 1 is 1.27 bits per heavy atom. The Labute approximate surface area is 154 Å². The second-order valence-electron chi connectivity index (χ2n) is 5.79. The summed E-state index contributed by atoms with van der Waals surface area (Å²) in [6, 6.07) is 14.1. The number of benzene rings is 2. The minimum atomic E-state index is -0.446. The number of hydrogen-bond donors (Lipinski definition) is 1. The first-order chi connectivity index (χ1) is 12.5. The number of nitrogens with zero attached hydrogens (tertiary/aromatic N) is 3. The zero-order chi connectivity index (χ0) is 18.5. The molecule has 2 aromatic carbocycles. The SMILES string of the molecule is Cc1cccc(/C=N\N=C2\NC(=O)[C@@H](Cc3cccc([N+](=O)[O-])c3)S2)c1. The molecule has 26 heavy (non-hydrogen) atoms. The number of carbonyl (C=O) groups is 1. The standard InChI is InChI=1S/C18H16N4O3S/c1-12-4-2-6-14(8-12)11-19-21-18-20-17(23)16(26-18)10-13-5-3-7-15(9-13)22(24)25/h2-9,11,16H,10H2,1H3,(H,20,21,23)/b19-11-/t16-/m1/s1. The lowest BCUT2D eigenvalue weighted by molar-refractivity contribution is -0.384. The highest BCUT2D eigenvalue weighted by atomic mass is 32.2. The van der Waals surface area contributed by atoms with Crippen molar-refractivity contribution in [2.45, 2.75) is 18.6 Å².